The molecule has 0 bridgehead atoms. The first kappa shape index (κ1) is 12.2. The number of carbonyl (C=O) groups is 1. The van der Waals surface area contributed by atoms with E-state index < -0.39 is 5.92 Å². The lowest BCUT2D eigenvalue weighted by molar-refractivity contribution is -0.133. The standard InChI is InChI=1S/C11H16N4O/c1-4-10(5-12)11(16)14(2)7-9-6-13-15(3)8-9/h6,8,10H,4,7H2,1-3H3. The van der Waals surface area contributed by atoms with Crippen LogP contribution in [0.5, 0.6) is 0 Å². The van der Waals surface area contributed by atoms with E-state index in [-0.39, 0.29) is 5.91 Å². The zero-order valence-corrected chi connectivity index (χ0v) is 9.84. The maximum atomic E-state index is 11.8. The number of amides is 1. The summed E-state index contributed by atoms with van der Waals surface area (Å²) in [5.74, 6) is -0.671. The summed E-state index contributed by atoms with van der Waals surface area (Å²) in [5, 5.41) is 12.8. The van der Waals surface area contributed by atoms with Crippen LogP contribution in [0.25, 0.3) is 0 Å². The zero-order valence-electron chi connectivity index (χ0n) is 9.84. The predicted molar refractivity (Wildman–Crippen MR) is 59.1 cm³/mol. The van der Waals surface area contributed by atoms with Crippen LogP contribution in [0.3, 0.4) is 0 Å². The third kappa shape index (κ3) is 2.83. The van der Waals surface area contributed by atoms with Crippen LogP contribution in [0.15, 0.2) is 12.4 Å². The van der Waals surface area contributed by atoms with E-state index in [2.05, 4.69) is 5.10 Å². The lowest BCUT2D eigenvalue weighted by atomic mass is 10.1. The van der Waals surface area contributed by atoms with Crippen LogP contribution in [0.1, 0.15) is 18.9 Å². The molecule has 1 heterocycles. The molecule has 0 aliphatic heterocycles. The van der Waals surface area contributed by atoms with E-state index in [9.17, 15) is 4.79 Å². The Balaban J connectivity index is 2.62. The van der Waals surface area contributed by atoms with E-state index in [0.717, 1.165) is 5.56 Å². The van der Waals surface area contributed by atoms with E-state index in [0.29, 0.717) is 13.0 Å². The molecule has 1 atom stereocenters. The number of hydrogen-bond donors (Lipinski definition) is 0. The van der Waals surface area contributed by atoms with Crippen molar-refractivity contribution in [3.63, 3.8) is 0 Å². The van der Waals surface area contributed by atoms with Gasteiger partial charge in [-0.05, 0) is 6.42 Å². The summed E-state index contributed by atoms with van der Waals surface area (Å²) in [6.07, 6.45) is 4.13. The molecule has 0 N–H and O–H groups in total. The first-order chi connectivity index (χ1) is 7.58. The van der Waals surface area contributed by atoms with Gasteiger partial charge in [-0.25, -0.2) is 0 Å². The molecule has 1 rings (SSSR count). The fourth-order valence-corrected chi connectivity index (χ4v) is 1.49. The fourth-order valence-electron chi connectivity index (χ4n) is 1.49. The van der Waals surface area contributed by atoms with Gasteiger partial charge in [0.25, 0.3) is 0 Å². The van der Waals surface area contributed by atoms with Crippen molar-refractivity contribution in [1.82, 2.24) is 14.7 Å². The normalized spacial score (nSPS) is 11.9. The Kier molecular flexibility index (Phi) is 4.06. The Hall–Kier alpha value is -1.83. The molecule has 0 fully saturated rings. The Bertz CT molecular complexity index is 404. The number of aromatic nitrogens is 2. The second-order valence-electron chi connectivity index (χ2n) is 3.81. The van der Waals surface area contributed by atoms with E-state index >= 15 is 0 Å². The predicted octanol–water partition coefficient (Wildman–Crippen LogP) is 0.928. The third-order valence-electron chi connectivity index (χ3n) is 2.42. The minimum Gasteiger partial charge on any atom is -0.340 e. The second kappa shape index (κ2) is 5.31. The summed E-state index contributed by atoms with van der Waals surface area (Å²) in [6.45, 7) is 2.33. The van der Waals surface area contributed by atoms with Crippen molar-refractivity contribution in [2.75, 3.05) is 7.05 Å². The molecule has 5 heteroatoms. The highest BCUT2D eigenvalue weighted by Gasteiger charge is 2.19. The van der Waals surface area contributed by atoms with Gasteiger partial charge >= 0.3 is 0 Å². The topological polar surface area (TPSA) is 61.9 Å². The quantitative estimate of drug-likeness (QED) is 0.758. The first-order valence-electron chi connectivity index (χ1n) is 5.20. The van der Waals surface area contributed by atoms with Gasteiger partial charge in [0.2, 0.25) is 5.91 Å². The molecule has 0 saturated carbocycles. The van der Waals surface area contributed by atoms with Gasteiger partial charge in [0.1, 0.15) is 5.92 Å². The lowest BCUT2D eigenvalue weighted by Crippen LogP contribution is -2.31. The molecule has 0 saturated heterocycles. The van der Waals surface area contributed by atoms with Crippen molar-refractivity contribution >= 4 is 5.91 Å². The Morgan fingerprint density at radius 2 is 2.44 bits per heavy atom. The van der Waals surface area contributed by atoms with Crippen molar-refractivity contribution in [3.05, 3.63) is 18.0 Å². The number of aryl methyl sites for hydroxylation is 1. The number of hydrogen-bond acceptors (Lipinski definition) is 3. The smallest absolute Gasteiger partial charge is 0.239 e. The van der Waals surface area contributed by atoms with Gasteiger partial charge < -0.3 is 4.90 Å². The van der Waals surface area contributed by atoms with Crippen LogP contribution in [0.2, 0.25) is 0 Å². The molecule has 0 aliphatic carbocycles. The molecule has 86 valence electrons. The van der Waals surface area contributed by atoms with Crippen molar-refractivity contribution < 1.29 is 4.79 Å². The number of carbonyl (C=O) groups excluding carboxylic acids is 1. The highest BCUT2D eigenvalue weighted by atomic mass is 16.2. The van der Waals surface area contributed by atoms with Crippen LogP contribution in [-0.4, -0.2) is 27.6 Å². The summed E-state index contributed by atoms with van der Waals surface area (Å²) < 4.78 is 1.69. The molecule has 0 aromatic carbocycles. The molecular weight excluding hydrogens is 204 g/mol. The number of nitriles is 1. The summed E-state index contributed by atoms with van der Waals surface area (Å²) in [4.78, 5) is 13.4. The largest absolute Gasteiger partial charge is 0.340 e. The van der Waals surface area contributed by atoms with Gasteiger partial charge in [-0.2, -0.15) is 10.4 Å². The Morgan fingerprint density at radius 1 is 1.75 bits per heavy atom. The highest BCUT2D eigenvalue weighted by molar-refractivity contribution is 5.80. The summed E-state index contributed by atoms with van der Waals surface area (Å²) in [6, 6.07) is 2.01. The maximum Gasteiger partial charge on any atom is 0.239 e. The molecule has 1 aromatic heterocycles. The Labute approximate surface area is 95.3 Å². The lowest BCUT2D eigenvalue weighted by Gasteiger charge is -2.18. The van der Waals surface area contributed by atoms with Crippen LogP contribution < -0.4 is 0 Å². The number of rotatable bonds is 4. The van der Waals surface area contributed by atoms with Crippen molar-refractivity contribution in [2.45, 2.75) is 19.9 Å². The van der Waals surface area contributed by atoms with Crippen LogP contribution in [0, 0.1) is 17.2 Å². The first-order valence-corrected chi connectivity index (χ1v) is 5.20. The third-order valence-corrected chi connectivity index (χ3v) is 2.42. The van der Waals surface area contributed by atoms with E-state index in [1.54, 1.807) is 22.8 Å². The van der Waals surface area contributed by atoms with Gasteiger partial charge in [0, 0.05) is 32.4 Å². The zero-order chi connectivity index (χ0) is 12.1. The van der Waals surface area contributed by atoms with Crippen LogP contribution >= 0.6 is 0 Å². The molecule has 0 spiro atoms. The minimum atomic E-state index is -0.540. The van der Waals surface area contributed by atoms with Gasteiger partial charge in [-0.3, -0.25) is 9.48 Å². The SMILES string of the molecule is CCC(C#N)C(=O)N(C)Cc1cnn(C)c1. The fraction of sp³-hybridized carbons (Fsp3) is 0.545. The molecule has 1 amide bonds. The minimum absolute atomic E-state index is 0.131. The molecule has 1 unspecified atom stereocenters. The molecule has 0 radical (unpaired) electrons. The van der Waals surface area contributed by atoms with Crippen molar-refractivity contribution in [2.24, 2.45) is 13.0 Å². The molecular formula is C11H16N4O. The molecule has 5 nitrogen and oxygen atoms in total. The van der Waals surface area contributed by atoms with Gasteiger partial charge in [0.15, 0.2) is 0 Å². The van der Waals surface area contributed by atoms with E-state index in [1.165, 1.54) is 0 Å². The molecule has 16 heavy (non-hydrogen) atoms. The van der Waals surface area contributed by atoms with E-state index in [1.807, 2.05) is 26.2 Å². The summed E-state index contributed by atoms with van der Waals surface area (Å²) in [7, 11) is 3.53. The van der Waals surface area contributed by atoms with Crippen molar-refractivity contribution in [1.29, 1.82) is 5.26 Å². The number of nitrogens with zero attached hydrogens (tertiary/aromatic N) is 4. The second-order valence-corrected chi connectivity index (χ2v) is 3.81. The van der Waals surface area contributed by atoms with E-state index in [4.69, 9.17) is 5.26 Å². The van der Waals surface area contributed by atoms with Gasteiger partial charge in [-0.1, -0.05) is 6.92 Å². The van der Waals surface area contributed by atoms with Crippen molar-refractivity contribution in [3.8, 4) is 6.07 Å². The van der Waals surface area contributed by atoms with Gasteiger partial charge in [0.05, 0.1) is 12.3 Å². The maximum absolute atomic E-state index is 11.8. The highest BCUT2D eigenvalue weighted by Crippen LogP contribution is 2.08. The summed E-state index contributed by atoms with van der Waals surface area (Å²) in [5.41, 5.74) is 0.964. The summed E-state index contributed by atoms with van der Waals surface area (Å²) >= 11 is 0. The monoisotopic (exact) mass is 220 g/mol. The van der Waals surface area contributed by atoms with Gasteiger partial charge in [-0.15, -0.1) is 0 Å². The molecule has 0 aliphatic rings. The van der Waals surface area contributed by atoms with Crippen LogP contribution in [0.4, 0.5) is 0 Å². The average molecular weight is 220 g/mol. The molecule has 1 aromatic rings. The van der Waals surface area contributed by atoms with Crippen LogP contribution in [-0.2, 0) is 18.4 Å². The Morgan fingerprint density at radius 3 is 2.88 bits per heavy atom. The average Bonchev–Trinajstić information content (AvgIpc) is 2.65.